The standard InChI is InChI=1S/C25H32N6O/c1-24(2)14-18(15-25(3,4)31-24)30-23-21(26)22(27-16-28-23)29-17-10-12-20(13-11-17)32-19-8-6-5-7-9-19/h5-13,16,18,31H,14-15,26H2,1-4H3,(H2,27,28,29,30). The third-order valence-electron chi connectivity index (χ3n) is 5.51. The molecule has 7 heteroatoms. The van der Waals surface area contributed by atoms with Gasteiger partial charge < -0.3 is 26.4 Å². The molecule has 0 radical (unpaired) electrons. The van der Waals surface area contributed by atoms with Gasteiger partial charge in [-0.3, -0.25) is 0 Å². The maximum atomic E-state index is 6.43. The molecule has 3 aromatic rings. The van der Waals surface area contributed by atoms with Gasteiger partial charge in [-0.05, 0) is 76.9 Å². The first-order chi connectivity index (χ1) is 15.2. The zero-order chi connectivity index (χ0) is 22.8. The van der Waals surface area contributed by atoms with Crippen molar-refractivity contribution in [1.29, 1.82) is 0 Å². The lowest BCUT2D eigenvalue weighted by molar-refractivity contribution is 0.170. The minimum atomic E-state index is 0.0336. The van der Waals surface area contributed by atoms with Gasteiger partial charge in [-0.1, -0.05) is 18.2 Å². The first kappa shape index (κ1) is 21.9. The quantitative estimate of drug-likeness (QED) is 0.419. The van der Waals surface area contributed by atoms with Gasteiger partial charge in [0.05, 0.1) is 0 Å². The molecule has 0 saturated carbocycles. The molecule has 1 aliphatic heterocycles. The molecule has 0 atom stereocenters. The fraction of sp³-hybridized carbons (Fsp3) is 0.360. The second-order valence-electron chi connectivity index (χ2n) is 9.69. The molecule has 168 valence electrons. The Labute approximate surface area is 189 Å². The van der Waals surface area contributed by atoms with Gasteiger partial charge in [0.2, 0.25) is 0 Å². The lowest BCUT2D eigenvalue weighted by atomic mass is 9.79. The minimum Gasteiger partial charge on any atom is -0.457 e. The average molecular weight is 433 g/mol. The van der Waals surface area contributed by atoms with Crippen molar-refractivity contribution in [2.75, 3.05) is 16.4 Å². The van der Waals surface area contributed by atoms with Gasteiger partial charge in [-0.2, -0.15) is 0 Å². The Bertz CT molecular complexity index is 1030. The second-order valence-corrected chi connectivity index (χ2v) is 9.69. The van der Waals surface area contributed by atoms with Crippen LogP contribution in [-0.2, 0) is 0 Å². The molecular weight excluding hydrogens is 400 g/mol. The van der Waals surface area contributed by atoms with E-state index < -0.39 is 0 Å². The number of nitrogens with one attached hydrogen (secondary N) is 3. The molecule has 1 aromatic heterocycles. The van der Waals surface area contributed by atoms with Crippen LogP contribution in [0.2, 0.25) is 0 Å². The Morgan fingerprint density at radius 2 is 1.47 bits per heavy atom. The summed E-state index contributed by atoms with van der Waals surface area (Å²) in [5, 5.41) is 10.5. The van der Waals surface area contributed by atoms with Crippen LogP contribution in [0.4, 0.5) is 23.0 Å². The fourth-order valence-corrected chi connectivity index (χ4v) is 4.60. The average Bonchev–Trinajstić information content (AvgIpc) is 2.71. The summed E-state index contributed by atoms with van der Waals surface area (Å²) in [7, 11) is 0. The molecule has 7 nitrogen and oxygen atoms in total. The molecule has 32 heavy (non-hydrogen) atoms. The highest BCUT2D eigenvalue weighted by Crippen LogP contribution is 2.33. The number of nitrogens with two attached hydrogens (primary N) is 1. The van der Waals surface area contributed by atoms with Crippen molar-refractivity contribution >= 4 is 23.0 Å². The summed E-state index contributed by atoms with van der Waals surface area (Å²) in [5.41, 5.74) is 7.86. The Kier molecular flexibility index (Phi) is 5.93. The number of anilines is 4. The predicted molar refractivity (Wildman–Crippen MR) is 131 cm³/mol. The van der Waals surface area contributed by atoms with Crippen molar-refractivity contribution < 1.29 is 4.74 Å². The molecule has 4 rings (SSSR count). The molecule has 0 bridgehead atoms. The maximum Gasteiger partial charge on any atom is 0.159 e. The van der Waals surface area contributed by atoms with Crippen molar-refractivity contribution in [1.82, 2.24) is 15.3 Å². The monoisotopic (exact) mass is 432 g/mol. The van der Waals surface area contributed by atoms with Crippen LogP contribution in [0.3, 0.4) is 0 Å². The van der Waals surface area contributed by atoms with E-state index in [9.17, 15) is 0 Å². The molecule has 0 unspecified atom stereocenters. The number of piperidine rings is 1. The first-order valence-electron chi connectivity index (χ1n) is 11.0. The predicted octanol–water partition coefficient (Wildman–Crippen LogP) is 5.32. The zero-order valence-electron chi connectivity index (χ0n) is 19.1. The third kappa shape index (κ3) is 5.48. The molecule has 0 amide bonds. The molecule has 0 spiro atoms. The number of para-hydroxylation sites is 1. The SMILES string of the molecule is CC1(C)CC(Nc2ncnc(Nc3ccc(Oc4ccccc4)cc3)c2N)CC(C)(C)N1. The van der Waals surface area contributed by atoms with Crippen LogP contribution in [0.15, 0.2) is 60.9 Å². The van der Waals surface area contributed by atoms with Crippen molar-refractivity contribution in [3.05, 3.63) is 60.9 Å². The highest BCUT2D eigenvalue weighted by molar-refractivity contribution is 5.77. The minimum absolute atomic E-state index is 0.0336. The summed E-state index contributed by atoms with van der Waals surface area (Å²) in [4.78, 5) is 8.75. The molecule has 1 aliphatic rings. The fourth-order valence-electron chi connectivity index (χ4n) is 4.60. The van der Waals surface area contributed by atoms with Gasteiger partial charge in [-0.25, -0.2) is 9.97 Å². The van der Waals surface area contributed by atoms with Gasteiger partial charge in [0.15, 0.2) is 11.6 Å². The Morgan fingerprint density at radius 3 is 2.12 bits per heavy atom. The molecule has 2 aromatic carbocycles. The van der Waals surface area contributed by atoms with E-state index in [1.807, 2.05) is 54.6 Å². The summed E-state index contributed by atoms with van der Waals surface area (Å²) in [5.74, 6) is 2.79. The van der Waals surface area contributed by atoms with Gasteiger partial charge in [-0.15, -0.1) is 0 Å². The summed E-state index contributed by atoms with van der Waals surface area (Å²) >= 11 is 0. The highest BCUT2D eigenvalue weighted by Gasteiger charge is 2.37. The van der Waals surface area contributed by atoms with E-state index in [1.165, 1.54) is 6.33 Å². The van der Waals surface area contributed by atoms with Crippen LogP contribution >= 0.6 is 0 Å². The number of aromatic nitrogens is 2. The molecule has 2 heterocycles. The van der Waals surface area contributed by atoms with E-state index in [-0.39, 0.29) is 17.1 Å². The number of benzene rings is 2. The molecule has 1 saturated heterocycles. The van der Waals surface area contributed by atoms with E-state index in [0.717, 1.165) is 30.0 Å². The number of hydrogen-bond acceptors (Lipinski definition) is 7. The van der Waals surface area contributed by atoms with Crippen molar-refractivity contribution in [3.63, 3.8) is 0 Å². The summed E-state index contributed by atoms with van der Waals surface area (Å²) in [6, 6.07) is 17.6. The second kappa shape index (κ2) is 8.67. The Morgan fingerprint density at radius 1 is 0.875 bits per heavy atom. The smallest absolute Gasteiger partial charge is 0.159 e. The van der Waals surface area contributed by atoms with Crippen LogP contribution in [-0.4, -0.2) is 27.1 Å². The summed E-state index contributed by atoms with van der Waals surface area (Å²) in [6.45, 7) is 8.91. The Balaban J connectivity index is 1.44. The van der Waals surface area contributed by atoms with E-state index in [1.54, 1.807) is 0 Å². The largest absolute Gasteiger partial charge is 0.457 e. The van der Waals surface area contributed by atoms with Crippen molar-refractivity contribution in [2.45, 2.75) is 57.7 Å². The van der Waals surface area contributed by atoms with Crippen LogP contribution in [0.5, 0.6) is 11.5 Å². The van der Waals surface area contributed by atoms with Gasteiger partial charge in [0.25, 0.3) is 0 Å². The molecule has 1 fully saturated rings. The normalized spacial score (nSPS) is 17.5. The molecule has 0 aliphatic carbocycles. The van der Waals surface area contributed by atoms with Crippen LogP contribution in [0, 0.1) is 0 Å². The maximum absolute atomic E-state index is 6.43. The number of nitrogens with zero attached hydrogens (tertiary/aromatic N) is 2. The van der Waals surface area contributed by atoms with Crippen molar-refractivity contribution in [3.8, 4) is 11.5 Å². The first-order valence-corrected chi connectivity index (χ1v) is 11.0. The van der Waals surface area contributed by atoms with E-state index in [2.05, 4.69) is 53.6 Å². The Hall–Kier alpha value is -3.32. The van der Waals surface area contributed by atoms with Crippen LogP contribution in [0.25, 0.3) is 0 Å². The third-order valence-corrected chi connectivity index (χ3v) is 5.51. The number of ether oxygens (including phenoxy) is 1. The van der Waals surface area contributed by atoms with E-state index in [4.69, 9.17) is 10.5 Å². The number of hydrogen-bond donors (Lipinski definition) is 4. The summed E-state index contributed by atoms with van der Waals surface area (Å²) < 4.78 is 5.85. The highest BCUT2D eigenvalue weighted by atomic mass is 16.5. The van der Waals surface area contributed by atoms with Crippen molar-refractivity contribution in [2.24, 2.45) is 0 Å². The number of rotatable bonds is 6. The lowest BCUT2D eigenvalue weighted by Crippen LogP contribution is -2.60. The summed E-state index contributed by atoms with van der Waals surface area (Å²) in [6.07, 6.45) is 3.49. The van der Waals surface area contributed by atoms with E-state index >= 15 is 0 Å². The van der Waals surface area contributed by atoms with Crippen LogP contribution in [0.1, 0.15) is 40.5 Å². The van der Waals surface area contributed by atoms with Gasteiger partial charge in [0, 0.05) is 22.8 Å². The lowest BCUT2D eigenvalue weighted by Gasteiger charge is -2.46. The molecular formula is C25H32N6O. The topological polar surface area (TPSA) is 97.1 Å². The molecule has 5 N–H and O–H groups in total. The van der Waals surface area contributed by atoms with Crippen LogP contribution < -0.4 is 26.4 Å². The number of nitrogen functional groups attached to an aromatic ring is 1. The van der Waals surface area contributed by atoms with Gasteiger partial charge >= 0.3 is 0 Å². The zero-order valence-corrected chi connectivity index (χ0v) is 19.1. The van der Waals surface area contributed by atoms with E-state index in [0.29, 0.717) is 17.3 Å². The van der Waals surface area contributed by atoms with Gasteiger partial charge in [0.1, 0.15) is 23.5 Å².